The number of benzene rings is 1. The van der Waals surface area contributed by atoms with Crippen molar-refractivity contribution in [3.63, 3.8) is 0 Å². The van der Waals surface area contributed by atoms with Crippen LogP contribution in [-0.4, -0.2) is 49.1 Å². The second kappa shape index (κ2) is 8.87. The molecule has 0 bridgehead atoms. The van der Waals surface area contributed by atoms with Crippen LogP contribution in [0.1, 0.15) is 23.7 Å². The van der Waals surface area contributed by atoms with Gasteiger partial charge in [0.15, 0.2) is 5.69 Å². The van der Waals surface area contributed by atoms with Crippen LogP contribution in [0.4, 0.5) is 29.1 Å². The van der Waals surface area contributed by atoms with Crippen LogP contribution in [0, 0.1) is 27.3 Å². The predicted molar refractivity (Wildman–Crippen MR) is 103 cm³/mol. The van der Waals surface area contributed by atoms with Crippen LogP contribution in [-0.2, 0) is 20.8 Å². The first-order valence-electron chi connectivity index (χ1n) is 9.25. The molecule has 1 fully saturated rings. The van der Waals surface area contributed by atoms with Crippen molar-refractivity contribution < 1.29 is 35.6 Å². The highest BCUT2D eigenvalue weighted by atomic mass is 32.2. The van der Waals surface area contributed by atoms with E-state index < -0.39 is 66.0 Å². The third kappa shape index (κ3) is 4.86. The Morgan fingerprint density at radius 3 is 2.61 bits per heavy atom. The average Bonchev–Trinajstić information content (AvgIpc) is 2.72. The summed E-state index contributed by atoms with van der Waals surface area (Å²) < 4.78 is 85.5. The zero-order valence-corrected chi connectivity index (χ0v) is 17.6. The number of hydrogen-bond acceptors (Lipinski definition) is 9. The summed E-state index contributed by atoms with van der Waals surface area (Å²) in [5, 5.41) is 18.9. The summed E-state index contributed by atoms with van der Waals surface area (Å²) >= 11 is 0. The van der Waals surface area contributed by atoms with Crippen molar-refractivity contribution in [2.24, 2.45) is 0 Å². The van der Waals surface area contributed by atoms with Gasteiger partial charge in [0.1, 0.15) is 5.82 Å². The summed E-state index contributed by atoms with van der Waals surface area (Å²) in [6, 6.07) is 4.64. The van der Waals surface area contributed by atoms with Gasteiger partial charge in [-0.15, -0.1) is 0 Å². The van der Waals surface area contributed by atoms with Gasteiger partial charge in [0.2, 0.25) is 26.7 Å². The van der Waals surface area contributed by atoms with E-state index in [2.05, 4.69) is 9.97 Å². The lowest BCUT2D eigenvalue weighted by Crippen LogP contribution is -2.42. The predicted octanol–water partition coefficient (Wildman–Crippen LogP) is 2.81. The van der Waals surface area contributed by atoms with Crippen molar-refractivity contribution in [3.05, 3.63) is 51.7 Å². The topological polar surface area (TPSA) is 139 Å². The summed E-state index contributed by atoms with van der Waals surface area (Å²) in [7, 11) is -4.91. The SMILES string of the molecule is CC1CN(c2nc(C(F)(F)F)nc(C(C#N)S(=O)(=O)c3cccc(F)c3)c2[N+](=O)[O-])CCO1. The van der Waals surface area contributed by atoms with Crippen molar-refractivity contribution in [2.45, 2.75) is 29.3 Å². The highest BCUT2D eigenvalue weighted by Crippen LogP contribution is 2.40. The Labute approximate surface area is 184 Å². The molecule has 2 unspecified atom stereocenters. The van der Waals surface area contributed by atoms with Crippen LogP contribution in [0.25, 0.3) is 0 Å². The maximum Gasteiger partial charge on any atom is 0.451 e. The molecule has 15 heteroatoms. The highest BCUT2D eigenvalue weighted by Gasteiger charge is 2.45. The van der Waals surface area contributed by atoms with Gasteiger partial charge < -0.3 is 9.64 Å². The van der Waals surface area contributed by atoms with Crippen LogP contribution < -0.4 is 4.90 Å². The normalized spacial score (nSPS) is 17.9. The van der Waals surface area contributed by atoms with Gasteiger partial charge in [-0.25, -0.2) is 22.8 Å². The first-order chi connectivity index (χ1) is 15.4. The zero-order chi connectivity index (χ0) is 24.6. The van der Waals surface area contributed by atoms with E-state index in [-0.39, 0.29) is 19.7 Å². The summed E-state index contributed by atoms with van der Waals surface area (Å²) in [4.78, 5) is 17.5. The molecule has 1 aliphatic rings. The van der Waals surface area contributed by atoms with E-state index >= 15 is 0 Å². The molecule has 176 valence electrons. The molecule has 0 radical (unpaired) electrons. The lowest BCUT2D eigenvalue weighted by Gasteiger charge is -2.32. The molecule has 0 aliphatic carbocycles. The van der Waals surface area contributed by atoms with Gasteiger partial charge in [-0.2, -0.15) is 18.4 Å². The third-order valence-electron chi connectivity index (χ3n) is 4.67. The molecule has 10 nitrogen and oxygen atoms in total. The number of aromatic nitrogens is 2. The number of hydrogen-bond donors (Lipinski definition) is 0. The number of nitriles is 1. The number of sulfone groups is 1. The average molecular weight is 489 g/mol. The summed E-state index contributed by atoms with van der Waals surface area (Å²) in [5.74, 6) is -3.64. The lowest BCUT2D eigenvalue weighted by molar-refractivity contribution is -0.385. The van der Waals surface area contributed by atoms with Crippen LogP contribution in [0.15, 0.2) is 29.2 Å². The first-order valence-corrected chi connectivity index (χ1v) is 10.8. The Hall–Kier alpha value is -3.38. The minimum absolute atomic E-state index is 0.0161. The number of halogens is 4. The largest absolute Gasteiger partial charge is 0.451 e. The molecule has 1 aromatic carbocycles. The van der Waals surface area contributed by atoms with Gasteiger partial charge in [0.05, 0.1) is 28.6 Å². The van der Waals surface area contributed by atoms with Crippen molar-refractivity contribution in [3.8, 4) is 6.07 Å². The van der Waals surface area contributed by atoms with Gasteiger partial charge in [0.25, 0.3) is 0 Å². The second-order valence-corrected chi connectivity index (χ2v) is 9.03. The number of anilines is 1. The van der Waals surface area contributed by atoms with E-state index in [1.54, 1.807) is 6.92 Å². The highest BCUT2D eigenvalue weighted by molar-refractivity contribution is 7.92. The summed E-state index contributed by atoms with van der Waals surface area (Å²) in [6.45, 7) is 1.44. The Balaban J connectivity index is 2.32. The Morgan fingerprint density at radius 1 is 1.36 bits per heavy atom. The fourth-order valence-electron chi connectivity index (χ4n) is 3.23. The smallest absolute Gasteiger partial charge is 0.375 e. The molecule has 2 aromatic rings. The molecule has 0 N–H and O–H groups in total. The summed E-state index contributed by atoms with van der Waals surface area (Å²) in [5.41, 5.74) is -2.42. The minimum atomic E-state index is -5.21. The van der Waals surface area contributed by atoms with Gasteiger partial charge in [-0.1, -0.05) is 6.07 Å². The Kier molecular flexibility index (Phi) is 6.52. The van der Waals surface area contributed by atoms with Gasteiger partial charge in [-0.3, -0.25) is 10.1 Å². The van der Waals surface area contributed by atoms with Gasteiger partial charge >= 0.3 is 11.9 Å². The number of ether oxygens (including phenoxy) is 1. The maximum absolute atomic E-state index is 13.6. The quantitative estimate of drug-likeness (QED) is 0.352. The molecular weight excluding hydrogens is 474 g/mol. The third-order valence-corrected chi connectivity index (χ3v) is 6.53. The van der Waals surface area contributed by atoms with Crippen LogP contribution >= 0.6 is 0 Å². The number of rotatable bonds is 5. The monoisotopic (exact) mass is 489 g/mol. The van der Waals surface area contributed by atoms with Crippen molar-refractivity contribution in [1.82, 2.24) is 9.97 Å². The molecule has 33 heavy (non-hydrogen) atoms. The van der Waals surface area contributed by atoms with E-state index in [9.17, 15) is 41.4 Å². The molecule has 2 atom stereocenters. The molecule has 3 rings (SSSR count). The van der Waals surface area contributed by atoms with Crippen molar-refractivity contribution >= 4 is 21.3 Å². The van der Waals surface area contributed by atoms with Crippen LogP contribution in [0.3, 0.4) is 0 Å². The molecule has 1 saturated heterocycles. The zero-order valence-electron chi connectivity index (χ0n) is 16.8. The molecule has 0 spiro atoms. The Bertz CT molecular complexity index is 1230. The lowest BCUT2D eigenvalue weighted by atomic mass is 10.2. The molecule has 0 saturated carbocycles. The number of morpholine rings is 1. The molecule has 1 aliphatic heterocycles. The van der Waals surface area contributed by atoms with Crippen LogP contribution in [0.2, 0.25) is 0 Å². The van der Waals surface area contributed by atoms with Gasteiger partial charge in [-0.05, 0) is 25.1 Å². The number of nitrogens with zero attached hydrogens (tertiary/aromatic N) is 5. The van der Waals surface area contributed by atoms with Gasteiger partial charge in [0, 0.05) is 13.1 Å². The number of alkyl halides is 3. The van der Waals surface area contributed by atoms with Crippen LogP contribution in [0.5, 0.6) is 0 Å². The van der Waals surface area contributed by atoms with Crippen molar-refractivity contribution in [1.29, 1.82) is 5.26 Å². The fourth-order valence-corrected chi connectivity index (χ4v) is 4.65. The van der Waals surface area contributed by atoms with Crippen molar-refractivity contribution in [2.75, 3.05) is 24.6 Å². The molecular formula is C18H15F4N5O5S. The second-order valence-electron chi connectivity index (χ2n) is 7.00. The van der Waals surface area contributed by atoms with E-state index in [1.807, 2.05) is 0 Å². The maximum atomic E-state index is 13.6. The number of nitro groups is 1. The standard InChI is InChI=1S/C18H15F4N5O5S/c1-10-9-26(5-6-32-10)16-15(27(28)29)14(24-17(25-16)18(20,21)22)13(8-23)33(30,31)12-4-2-3-11(19)7-12/h2-4,7,10,13H,5-6,9H2,1H3. The van der Waals surface area contributed by atoms with E-state index in [0.717, 1.165) is 23.1 Å². The first kappa shape index (κ1) is 24.3. The summed E-state index contributed by atoms with van der Waals surface area (Å²) in [6.07, 6.45) is -5.73. The van der Waals surface area contributed by atoms with E-state index in [4.69, 9.17) is 4.74 Å². The Morgan fingerprint density at radius 2 is 2.06 bits per heavy atom. The molecule has 2 heterocycles. The van der Waals surface area contributed by atoms with E-state index in [0.29, 0.717) is 6.07 Å². The minimum Gasteiger partial charge on any atom is -0.375 e. The fraction of sp³-hybridized carbons (Fsp3) is 0.389. The molecule has 0 amide bonds. The van der Waals surface area contributed by atoms with E-state index in [1.165, 1.54) is 6.07 Å². The molecule has 1 aromatic heterocycles.